The quantitative estimate of drug-likeness (QED) is 0.823. The van der Waals surface area contributed by atoms with Gasteiger partial charge in [0.05, 0.1) is 0 Å². The Balaban J connectivity index is 2.05. The van der Waals surface area contributed by atoms with Crippen molar-refractivity contribution in [3.05, 3.63) is 68.7 Å². The second-order valence-corrected chi connectivity index (χ2v) is 7.79. The standard InChI is InChI=1S/C17H12N4SSe/c18-5-8-23-17-14(10-19)13(16-4-2-7-22-16)9-15(21-17)12-3-1-6-20-11-12/h1-4,6-7,9,11,13,21H,8H2. The van der Waals surface area contributed by atoms with E-state index in [1.165, 1.54) is 0 Å². The van der Waals surface area contributed by atoms with Crippen molar-refractivity contribution in [2.45, 2.75) is 11.2 Å². The molecule has 2 aromatic rings. The molecule has 0 aliphatic carbocycles. The predicted molar refractivity (Wildman–Crippen MR) is 91.2 cm³/mol. The zero-order valence-corrected chi connectivity index (χ0v) is 14.6. The third-order valence-electron chi connectivity index (χ3n) is 3.36. The van der Waals surface area contributed by atoms with Crippen molar-refractivity contribution in [3.8, 4) is 12.1 Å². The van der Waals surface area contributed by atoms with E-state index in [2.05, 4.69) is 28.5 Å². The number of allylic oxidation sites excluding steroid dienone is 2. The van der Waals surface area contributed by atoms with Crippen LogP contribution in [-0.2, 0) is 0 Å². The van der Waals surface area contributed by atoms with Gasteiger partial charge in [0.25, 0.3) is 0 Å². The second-order valence-electron chi connectivity index (χ2n) is 4.74. The zero-order chi connectivity index (χ0) is 16.1. The summed E-state index contributed by atoms with van der Waals surface area (Å²) in [6.45, 7) is 0. The van der Waals surface area contributed by atoms with Crippen LogP contribution in [0.3, 0.4) is 0 Å². The molecule has 112 valence electrons. The molecule has 2 aromatic heterocycles. The first kappa shape index (κ1) is 15.5. The number of rotatable bonds is 4. The van der Waals surface area contributed by atoms with Gasteiger partial charge < -0.3 is 0 Å². The fraction of sp³-hybridized carbons (Fsp3) is 0.118. The summed E-state index contributed by atoms with van der Waals surface area (Å²) < 4.78 is 0.890. The minimum absolute atomic E-state index is 0.0629. The average Bonchev–Trinajstić information content (AvgIpc) is 3.14. The topological polar surface area (TPSA) is 72.5 Å². The molecule has 1 aliphatic heterocycles. The number of hydrogen-bond donors (Lipinski definition) is 1. The molecule has 0 aromatic carbocycles. The summed E-state index contributed by atoms with van der Waals surface area (Å²) >= 11 is 1.57. The van der Waals surface area contributed by atoms with Crippen LogP contribution in [0.4, 0.5) is 0 Å². The van der Waals surface area contributed by atoms with Crippen LogP contribution in [0.1, 0.15) is 16.4 Å². The fourth-order valence-corrected chi connectivity index (χ4v) is 4.66. The van der Waals surface area contributed by atoms with E-state index in [0.717, 1.165) is 26.3 Å². The normalized spacial score (nSPS) is 17.0. The van der Waals surface area contributed by atoms with E-state index in [4.69, 9.17) is 5.26 Å². The molecule has 0 amide bonds. The third-order valence-corrected chi connectivity index (χ3v) is 6.17. The summed E-state index contributed by atoms with van der Waals surface area (Å²) in [7, 11) is 0. The Hall–Kier alpha value is -2.37. The Labute approximate surface area is 144 Å². The van der Waals surface area contributed by atoms with Gasteiger partial charge in [0.15, 0.2) is 0 Å². The van der Waals surface area contributed by atoms with Crippen LogP contribution in [0.5, 0.6) is 0 Å². The van der Waals surface area contributed by atoms with Gasteiger partial charge in [0, 0.05) is 0 Å². The van der Waals surface area contributed by atoms with E-state index in [1.54, 1.807) is 23.7 Å². The van der Waals surface area contributed by atoms with Crippen molar-refractivity contribution in [3.63, 3.8) is 0 Å². The van der Waals surface area contributed by atoms with Crippen molar-refractivity contribution in [2.24, 2.45) is 0 Å². The Kier molecular flexibility index (Phi) is 4.90. The molecule has 0 saturated heterocycles. The maximum absolute atomic E-state index is 9.63. The Morgan fingerprint density at radius 3 is 2.87 bits per heavy atom. The number of dihydropyridines is 1. The first-order valence-electron chi connectivity index (χ1n) is 6.90. The Morgan fingerprint density at radius 1 is 1.30 bits per heavy atom. The van der Waals surface area contributed by atoms with Crippen molar-refractivity contribution in [2.75, 3.05) is 0 Å². The van der Waals surface area contributed by atoms with E-state index < -0.39 is 0 Å². The first-order chi connectivity index (χ1) is 11.3. The Morgan fingerprint density at radius 2 is 2.22 bits per heavy atom. The van der Waals surface area contributed by atoms with E-state index in [1.807, 2.05) is 29.6 Å². The summed E-state index contributed by atoms with van der Waals surface area (Å²) in [6, 6.07) is 12.4. The molecular formula is C17H12N4SSe. The van der Waals surface area contributed by atoms with Gasteiger partial charge in [-0.25, -0.2) is 0 Å². The van der Waals surface area contributed by atoms with E-state index >= 15 is 0 Å². The van der Waals surface area contributed by atoms with Gasteiger partial charge in [0.2, 0.25) is 0 Å². The third kappa shape index (κ3) is 3.36. The summed E-state index contributed by atoms with van der Waals surface area (Å²) in [5.41, 5.74) is 2.65. The number of hydrogen-bond acceptors (Lipinski definition) is 5. The molecule has 0 bridgehead atoms. The predicted octanol–water partition coefficient (Wildman–Crippen LogP) is 3.25. The number of pyridine rings is 1. The van der Waals surface area contributed by atoms with Crippen molar-refractivity contribution in [1.82, 2.24) is 10.3 Å². The minimum atomic E-state index is -0.0724. The molecule has 1 atom stereocenters. The van der Waals surface area contributed by atoms with Crippen LogP contribution in [0.2, 0.25) is 5.32 Å². The number of nitrogens with zero attached hydrogens (tertiary/aromatic N) is 3. The molecule has 0 spiro atoms. The van der Waals surface area contributed by atoms with Crippen LogP contribution in [0.15, 0.2) is 58.3 Å². The SMILES string of the molecule is N#CC[Se]C1=C(C#N)C(c2cccs2)C=C(c2cccnc2)N1. The molecule has 0 fully saturated rings. The Bertz CT molecular complexity index is 826. The summed E-state index contributed by atoms with van der Waals surface area (Å²) in [4.78, 5) is 5.30. The molecule has 3 heterocycles. The van der Waals surface area contributed by atoms with Crippen LogP contribution >= 0.6 is 11.3 Å². The van der Waals surface area contributed by atoms with Crippen LogP contribution < -0.4 is 5.32 Å². The molecule has 4 nitrogen and oxygen atoms in total. The van der Waals surface area contributed by atoms with Gasteiger partial charge in [-0.1, -0.05) is 0 Å². The molecule has 1 unspecified atom stereocenters. The van der Waals surface area contributed by atoms with Crippen molar-refractivity contribution < 1.29 is 0 Å². The number of nitrogens with one attached hydrogen (secondary N) is 1. The van der Waals surface area contributed by atoms with E-state index in [-0.39, 0.29) is 20.9 Å². The van der Waals surface area contributed by atoms with Crippen molar-refractivity contribution >= 4 is 32.0 Å². The fourth-order valence-electron chi connectivity index (χ4n) is 2.34. The zero-order valence-electron chi connectivity index (χ0n) is 12.1. The van der Waals surface area contributed by atoms with Crippen molar-refractivity contribution in [1.29, 1.82) is 10.5 Å². The molecule has 6 heteroatoms. The molecule has 0 saturated carbocycles. The first-order valence-corrected chi connectivity index (χ1v) is 9.85. The average molecular weight is 383 g/mol. The summed E-state index contributed by atoms with van der Waals surface area (Å²) in [5, 5.41) is 24.3. The number of thiophene rings is 1. The molecule has 3 rings (SSSR count). The van der Waals surface area contributed by atoms with Gasteiger partial charge in [-0.2, -0.15) is 0 Å². The van der Waals surface area contributed by atoms with Crippen LogP contribution in [-0.4, -0.2) is 19.9 Å². The molecule has 23 heavy (non-hydrogen) atoms. The molecular weight excluding hydrogens is 371 g/mol. The van der Waals surface area contributed by atoms with Gasteiger partial charge >= 0.3 is 145 Å². The maximum atomic E-state index is 9.63. The van der Waals surface area contributed by atoms with E-state index in [9.17, 15) is 5.26 Å². The molecule has 1 aliphatic rings. The van der Waals surface area contributed by atoms with Crippen LogP contribution in [0.25, 0.3) is 5.70 Å². The van der Waals surface area contributed by atoms with Crippen LogP contribution in [0, 0.1) is 22.7 Å². The number of nitriles is 2. The van der Waals surface area contributed by atoms with E-state index in [0.29, 0.717) is 5.32 Å². The second kappa shape index (κ2) is 7.26. The molecule has 0 radical (unpaired) electrons. The van der Waals surface area contributed by atoms with Gasteiger partial charge in [-0.05, 0) is 0 Å². The summed E-state index contributed by atoms with van der Waals surface area (Å²) in [5.74, 6) is -0.0629. The van der Waals surface area contributed by atoms with Gasteiger partial charge in [0.1, 0.15) is 0 Å². The summed E-state index contributed by atoms with van der Waals surface area (Å²) in [6.07, 6.45) is 5.62. The van der Waals surface area contributed by atoms with Gasteiger partial charge in [-0.15, -0.1) is 0 Å². The number of aromatic nitrogens is 1. The monoisotopic (exact) mass is 384 g/mol. The van der Waals surface area contributed by atoms with Gasteiger partial charge in [-0.3, -0.25) is 0 Å². The molecule has 1 N–H and O–H groups in total.